The Balaban J connectivity index is 1.51. The molecule has 1 saturated carbocycles. The van der Waals surface area contributed by atoms with Crippen LogP contribution < -0.4 is 21.3 Å². The summed E-state index contributed by atoms with van der Waals surface area (Å²) in [6, 6.07) is 11.5. The van der Waals surface area contributed by atoms with Gasteiger partial charge in [-0.15, -0.1) is 5.10 Å². The van der Waals surface area contributed by atoms with Gasteiger partial charge < -0.3 is 10.1 Å². The van der Waals surface area contributed by atoms with Gasteiger partial charge in [-0.25, -0.2) is 13.9 Å². The van der Waals surface area contributed by atoms with Crippen molar-refractivity contribution < 1.29 is 14.3 Å². The van der Waals surface area contributed by atoms with E-state index in [0.717, 1.165) is 30.4 Å². The molecule has 37 heavy (non-hydrogen) atoms. The molecule has 0 aliphatic heterocycles. The number of hydrogen-bond donors (Lipinski definition) is 1. The lowest BCUT2D eigenvalue weighted by Gasteiger charge is -2.22. The molecule has 10 heteroatoms. The monoisotopic (exact) mass is 503 g/mol. The number of nitrogens with one attached hydrogen (secondary N) is 1. The second-order valence-corrected chi connectivity index (χ2v) is 9.36. The zero-order valence-corrected chi connectivity index (χ0v) is 20.9. The molecule has 0 unspecified atom stereocenters. The highest BCUT2D eigenvalue weighted by molar-refractivity contribution is 5.98. The average molecular weight is 504 g/mol. The van der Waals surface area contributed by atoms with Gasteiger partial charge in [-0.05, 0) is 62.2 Å². The number of carbonyl (C=O) groups is 2. The minimum Gasteiger partial charge on any atom is -0.494 e. The minimum atomic E-state index is -0.570. The third kappa shape index (κ3) is 4.66. The van der Waals surface area contributed by atoms with Crippen molar-refractivity contribution >= 4 is 28.4 Å². The van der Waals surface area contributed by atoms with Gasteiger partial charge in [-0.1, -0.05) is 19.3 Å². The Hall–Kier alpha value is -4.21. The van der Waals surface area contributed by atoms with E-state index in [1.54, 1.807) is 42.5 Å². The number of Topliss-reactive ketones (excluding diaryl/α,β-unsaturated/α-hetero) is 1. The summed E-state index contributed by atoms with van der Waals surface area (Å²) >= 11 is 0. The summed E-state index contributed by atoms with van der Waals surface area (Å²) in [6.07, 6.45) is 5.24. The number of rotatable bonds is 7. The average Bonchev–Trinajstić information content (AvgIpc) is 3.24. The van der Waals surface area contributed by atoms with Gasteiger partial charge in [0.25, 0.3) is 11.5 Å². The molecule has 4 aromatic rings. The predicted molar refractivity (Wildman–Crippen MR) is 138 cm³/mol. The molecule has 0 saturated heterocycles. The van der Waals surface area contributed by atoms with E-state index in [4.69, 9.17) is 4.74 Å². The third-order valence-electron chi connectivity index (χ3n) is 6.88. The van der Waals surface area contributed by atoms with Crippen LogP contribution in [0.1, 0.15) is 59.7 Å². The Morgan fingerprint density at radius 3 is 2.43 bits per heavy atom. The van der Waals surface area contributed by atoms with Crippen LogP contribution in [0.15, 0.2) is 52.1 Å². The number of nitrogens with zero attached hydrogens (tertiary/aromatic N) is 4. The van der Waals surface area contributed by atoms with E-state index in [1.807, 2.05) is 6.92 Å². The van der Waals surface area contributed by atoms with Gasteiger partial charge in [0.1, 0.15) is 12.3 Å². The van der Waals surface area contributed by atoms with Gasteiger partial charge in [-0.3, -0.25) is 19.0 Å². The van der Waals surface area contributed by atoms with E-state index >= 15 is 0 Å². The molecule has 1 N–H and O–H groups in total. The van der Waals surface area contributed by atoms with E-state index in [1.165, 1.54) is 22.4 Å². The maximum Gasteiger partial charge on any atom is 0.352 e. The molecule has 5 rings (SSSR count). The number of hydrogen-bond acceptors (Lipinski definition) is 6. The lowest BCUT2D eigenvalue weighted by molar-refractivity contribution is 0.0926. The Kier molecular flexibility index (Phi) is 6.64. The van der Waals surface area contributed by atoms with Crippen LogP contribution in [0.25, 0.3) is 16.7 Å². The predicted octanol–water partition coefficient (Wildman–Crippen LogP) is 2.69. The molecule has 1 aliphatic rings. The van der Waals surface area contributed by atoms with Crippen molar-refractivity contribution in [2.45, 2.75) is 51.6 Å². The topological polar surface area (TPSA) is 117 Å². The van der Waals surface area contributed by atoms with Crippen molar-refractivity contribution in [2.24, 2.45) is 7.05 Å². The number of aryl methyl sites for hydroxylation is 1. The Morgan fingerprint density at radius 1 is 1.03 bits per heavy atom. The van der Waals surface area contributed by atoms with Crippen LogP contribution in [0, 0.1) is 0 Å². The van der Waals surface area contributed by atoms with Gasteiger partial charge >= 0.3 is 5.69 Å². The normalized spacial score (nSPS) is 14.2. The lowest BCUT2D eigenvalue weighted by atomic mass is 9.95. The minimum absolute atomic E-state index is 0.0897. The zero-order chi connectivity index (χ0) is 26.1. The van der Waals surface area contributed by atoms with Gasteiger partial charge in [0.05, 0.1) is 17.5 Å². The quantitative estimate of drug-likeness (QED) is 0.388. The molecule has 1 fully saturated rings. The van der Waals surface area contributed by atoms with E-state index in [-0.39, 0.29) is 46.5 Å². The molecule has 2 heterocycles. The largest absolute Gasteiger partial charge is 0.494 e. The molecule has 0 bridgehead atoms. The van der Waals surface area contributed by atoms with Crippen LogP contribution in [-0.2, 0) is 13.6 Å². The number of carbonyl (C=O) groups excluding carboxylic acids is 2. The first-order valence-corrected chi connectivity index (χ1v) is 12.6. The van der Waals surface area contributed by atoms with E-state index < -0.39 is 5.69 Å². The summed E-state index contributed by atoms with van der Waals surface area (Å²) in [5.41, 5.74) is 0.126. The fraction of sp³-hybridized carbons (Fsp3) is 0.370. The highest BCUT2D eigenvalue weighted by atomic mass is 16.5. The van der Waals surface area contributed by atoms with Gasteiger partial charge in [-0.2, -0.15) is 0 Å². The highest BCUT2D eigenvalue weighted by Gasteiger charge is 2.21. The molecule has 2 aromatic carbocycles. The first-order valence-electron chi connectivity index (χ1n) is 12.6. The number of amides is 1. The SMILES string of the molecule is CCOc1ccc(C(=O)Cn2nc3n(C)c(=O)c4ccc(C(=O)NC5CCCCC5)cc4n3c2=O)cc1. The lowest BCUT2D eigenvalue weighted by Crippen LogP contribution is -2.36. The number of fused-ring (bicyclic) bond motifs is 3. The molecule has 2 aromatic heterocycles. The molecule has 192 valence electrons. The fourth-order valence-corrected chi connectivity index (χ4v) is 4.88. The summed E-state index contributed by atoms with van der Waals surface area (Å²) in [7, 11) is 1.52. The summed E-state index contributed by atoms with van der Waals surface area (Å²) in [4.78, 5) is 52.2. The summed E-state index contributed by atoms with van der Waals surface area (Å²) < 4.78 is 9.00. The molecule has 0 radical (unpaired) electrons. The van der Waals surface area contributed by atoms with E-state index in [9.17, 15) is 19.2 Å². The molecule has 1 aliphatic carbocycles. The standard InChI is InChI=1S/C27H29N5O5/c1-3-37-20-12-9-17(10-13-20)23(33)16-31-27(36)32-22-15-18(24(34)28-19-7-5-4-6-8-19)11-14-21(22)25(35)30(2)26(32)29-31/h9-15,19H,3-8,16H2,1-2H3,(H,28,34). The third-order valence-corrected chi connectivity index (χ3v) is 6.88. The Labute approximate surface area is 212 Å². The van der Waals surface area contributed by atoms with Crippen molar-refractivity contribution in [3.63, 3.8) is 0 Å². The molecule has 0 spiro atoms. The number of benzene rings is 2. The molecule has 1 amide bonds. The molecular weight excluding hydrogens is 474 g/mol. The van der Waals surface area contributed by atoms with E-state index in [0.29, 0.717) is 23.5 Å². The zero-order valence-electron chi connectivity index (χ0n) is 20.9. The summed E-state index contributed by atoms with van der Waals surface area (Å²) in [5, 5.41) is 7.63. The number of ether oxygens (including phenoxy) is 1. The maximum absolute atomic E-state index is 13.4. The summed E-state index contributed by atoms with van der Waals surface area (Å²) in [5.74, 6) is 0.185. The van der Waals surface area contributed by atoms with Crippen LogP contribution in [-0.4, -0.2) is 43.1 Å². The second-order valence-electron chi connectivity index (χ2n) is 9.36. The molecule has 0 atom stereocenters. The number of aromatic nitrogens is 4. The Bertz CT molecular complexity index is 1610. The van der Waals surface area contributed by atoms with E-state index in [2.05, 4.69) is 10.4 Å². The van der Waals surface area contributed by atoms with Crippen LogP contribution in [0.5, 0.6) is 5.75 Å². The highest BCUT2D eigenvalue weighted by Crippen LogP contribution is 2.19. The van der Waals surface area contributed by atoms with Crippen molar-refractivity contribution in [1.29, 1.82) is 0 Å². The first kappa shape index (κ1) is 24.5. The van der Waals surface area contributed by atoms with Gasteiger partial charge in [0, 0.05) is 24.2 Å². The van der Waals surface area contributed by atoms with Gasteiger partial charge in [0.2, 0.25) is 5.78 Å². The van der Waals surface area contributed by atoms with Crippen molar-refractivity contribution in [3.8, 4) is 5.75 Å². The van der Waals surface area contributed by atoms with Crippen LogP contribution >= 0.6 is 0 Å². The van der Waals surface area contributed by atoms with Crippen molar-refractivity contribution in [1.82, 2.24) is 24.1 Å². The second kappa shape index (κ2) is 10.0. The smallest absolute Gasteiger partial charge is 0.352 e. The molecule has 10 nitrogen and oxygen atoms in total. The Morgan fingerprint density at radius 2 is 1.73 bits per heavy atom. The van der Waals surface area contributed by atoms with Crippen LogP contribution in [0.4, 0.5) is 0 Å². The van der Waals surface area contributed by atoms with Crippen molar-refractivity contribution in [3.05, 3.63) is 74.4 Å². The maximum atomic E-state index is 13.4. The van der Waals surface area contributed by atoms with Crippen LogP contribution in [0.3, 0.4) is 0 Å². The fourth-order valence-electron chi connectivity index (χ4n) is 4.88. The van der Waals surface area contributed by atoms with Crippen LogP contribution in [0.2, 0.25) is 0 Å². The summed E-state index contributed by atoms with van der Waals surface area (Å²) in [6.45, 7) is 2.09. The van der Waals surface area contributed by atoms with Gasteiger partial charge in [0.15, 0.2) is 5.78 Å². The number of ketones is 1. The van der Waals surface area contributed by atoms with Crippen molar-refractivity contribution in [2.75, 3.05) is 6.61 Å². The molecular formula is C27H29N5O5. The first-order chi connectivity index (χ1) is 17.9.